The van der Waals surface area contributed by atoms with Gasteiger partial charge in [-0.05, 0) is 18.6 Å². The Balaban J connectivity index is 2.39. The van der Waals surface area contributed by atoms with Crippen molar-refractivity contribution in [2.45, 2.75) is 12.8 Å². The average molecular weight is 196 g/mol. The van der Waals surface area contributed by atoms with Crippen LogP contribution < -0.4 is 4.90 Å². The van der Waals surface area contributed by atoms with Crippen LogP contribution in [0.2, 0.25) is 0 Å². The van der Waals surface area contributed by atoms with E-state index in [1.54, 1.807) is 0 Å². The van der Waals surface area contributed by atoms with Crippen LogP contribution >= 0.6 is 0 Å². The molecule has 1 aromatic rings. The van der Waals surface area contributed by atoms with Crippen LogP contribution in [0.4, 0.5) is 14.5 Å². The van der Waals surface area contributed by atoms with Gasteiger partial charge in [0.1, 0.15) is 17.5 Å². The third-order valence-corrected chi connectivity index (χ3v) is 2.32. The number of hydrogen-bond acceptors (Lipinski definition) is 1. The van der Waals surface area contributed by atoms with Crippen molar-refractivity contribution in [2.75, 3.05) is 11.4 Å². The third kappa shape index (κ3) is 1.47. The first-order valence-electron chi connectivity index (χ1n) is 4.48. The van der Waals surface area contributed by atoms with Gasteiger partial charge >= 0.3 is 0 Å². The fraction of sp³-hybridized carbons (Fsp3) is 0.300. The van der Waals surface area contributed by atoms with Crippen LogP contribution in [0, 0.1) is 17.0 Å². The molecule has 0 bridgehead atoms. The SMILES string of the molecule is N=C1CCCN1c1cc(F)ccc1F. The van der Waals surface area contributed by atoms with Gasteiger partial charge in [0.2, 0.25) is 0 Å². The number of amidine groups is 1. The Morgan fingerprint density at radius 2 is 2.07 bits per heavy atom. The van der Waals surface area contributed by atoms with Gasteiger partial charge in [-0.2, -0.15) is 0 Å². The molecule has 2 nitrogen and oxygen atoms in total. The van der Waals surface area contributed by atoms with E-state index >= 15 is 0 Å². The summed E-state index contributed by atoms with van der Waals surface area (Å²) in [4.78, 5) is 1.51. The number of rotatable bonds is 1. The van der Waals surface area contributed by atoms with Gasteiger partial charge in [0.25, 0.3) is 0 Å². The lowest BCUT2D eigenvalue weighted by Crippen LogP contribution is -2.24. The van der Waals surface area contributed by atoms with Gasteiger partial charge in [-0.15, -0.1) is 0 Å². The molecule has 0 saturated carbocycles. The lowest BCUT2D eigenvalue weighted by molar-refractivity contribution is 0.600. The van der Waals surface area contributed by atoms with Crippen LogP contribution in [0.1, 0.15) is 12.8 Å². The second-order valence-corrected chi connectivity index (χ2v) is 3.30. The van der Waals surface area contributed by atoms with E-state index in [0.717, 1.165) is 24.6 Å². The van der Waals surface area contributed by atoms with Crippen LogP contribution in [0.5, 0.6) is 0 Å². The van der Waals surface area contributed by atoms with E-state index in [1.165, 1.54) is 4.90 Å². The molecule has 1 N–H and O–H groups in total. The van der Waals surface area contributed by atoms with Crippen molar-refractivity contribution < 1.29 is 8.78 Å². The monoisotopic (exact) mass is 196 g/mol. The summed E-state index contributed by atoms with van der Waals surface area (Å²) < 4.78 is 26.2. The van der Waals surface area contributed by atoms with Gasteiger partial charge < -0.3 is 4.90 Å². The minimum absolute atomic E-state index is 0.174. The smallest absolute Gasteiger partial charge is 0.147 e. The number of benzene rings is 1. The summed E-state index contributed by atoms with van der Waals surface area (Å²) in [5.74, 6) is -0.589. The zero-order valence-corrected chi connectivity index (χ0v) is 7.56. The molecule has 1 saturated heterocycles. The molecule has 0 radical (unpaired) electrons. The largest absolute Gasteiger partial charge is 0.328 e. The standard InChI is InChI=1S/C10H10F2N2/c11-7-3-4-8(12)9(6-7)14-5-1-2-10(14)13/h3-4,6,13H,1-2,5H2. The van der Waals surface area contributed by atoms with Gasteiger partial charge in [0, 0.05) is 19.0 Å². The molecular formula is C10H10F2N2. The predicted molar refractivity (Wildman–Crippen MR) is 50.7 cm³/mol. The molecule has 74 valence electrons. The Bertz CT molecular complexity index is 376. The maximum absolute atomic E-state index is 13.3. The highest BCUT2D eigenvalue weighted by Gasteiger charge is 2.21. The Morgan fingerprint density at radius 1 is 1.29 bits per heavy atom. The van der Waals surface area contributed by atoms with E-state index in [0.29, 0.717) is 18.8 Å². The maximum atomic E-state index is 13.3. The summed E-state index contributed by atoms with van der Waals surface area (Å²) in [5.41, 5.74) is 0.174. The molecule has 0 unspecified atom stereocenters. The minimum atomic E-state index is -0.474. The van der Waals surface area contributed by atoms with Gasteiger partial charge in [-0.25, -0.2) is 8.78 Å². The quantitative estimate of drug-likeness (QED) is 0.734. The Kier molecular flexibility index (Phi) is 2.19. The molecule has 0 aromatic heterocycles. The fourth-order valence-corrected chi connectivity index (χ4v) is 1.63. The predicted octanol–water partition coefficient (Wildman–Crippen LogP) is 2.54. The summed E-state index contributed by atoms with van der Waals surface area (Å²) >= 11 is 0. The van der Waals surface area contributed by atoms with Crippen LogP contribution in [-0.4, -0.2) is 12.4 Å². The number of anilines is 1. The van der Waals surface area contributed by atoms with E-state index in [9.17, 15) is 8.78 Å². The van der Waals surface area contributed by atoms with Gasteiger partial charge in [0.05, 0.1) is 5.69 Å². The van der Waals surface area contributed by atoms with Crippen LogP contribution in [0.15, 0.2) is 18.2 Å². The van der Waals surface area contributed by atoms with Crippen molar-refractivity contribution in [1.29, 1.82) is 5.41 Å². The molecule has 14 heavy (non-hydrogen) atoms. The molecular weight excluding hydrogens is 186 g/mol. The molecule has 0 atom stereocenters. The van der Waals surface area contributed by atoms with Crippen molar-refractivity contribution >= 4 is 11.5 Å². The second-order valence-electron chi connectivity index (χ2n) is 3.30. The van der Waals surface area contributed by atoms with E-state index in [1.807, 2.05) is 0 Å². The molecule has 0 spiro atoms. The first-order valence-corrected chi connectivity index (χ1v) is 4.48. The highest BCUT2D eigenvalue weighted by Crippen LogP contribution is 2.25. The van der Waals surface area contributed by atoms with E-state index < -0.39 is 11.6 Å². The lowest BCUT2D eigenvalue weighted by atomic mass is 10.2. The van der Waals surface area contributed by atoms with Crippen molar-refractivity contribution in [2.24, 2.45) is 0 Å². The zero-order valence-electron chi connectivity index (χ0n) is 7.56. The normalized spacial score (nSPS) is 16.4. The molecule has 1 heterocycles. The van der Waals surface area contributed by atoms with Gasteiger partial charge in [0.15, 0.2) is 0 Å². The number of nitrogens with one attached hydrogen (secondary N) is 1. The topological polar surface area (TPSA) is 27.1 Å². The number of nitrogens with zero attached hydrogens (tertiary/aromatic N) is 1. The second kappa shape index (κ2) is 3.36. The molecule has 1 aliphatic heterocycles. The first kappa shape index (κ1) is 9.12. The van der Waals surface area contributed by atoms with E-state index in [-0.39, 0.29) is 5.69 Å². The summed E-state index contributed by atoms with van der Waals surface area (Å²) in [5, 5.41) is 7.55. The summed E-state index contributed by atoms with van der Waals surface area (Å²) in [7, 11) is 0. The molecule has 2 rings (SSSR count). The lowest BCUT2D eigenvalue weighted by Gasteiger charge is -2.18. The Labute approximate surface area is 80.7 Å². The molecule has 4 heteroatoms. The highest BCUT2D eigenvalue weighted by atomic mass is 19.1. The van der Waals surface area contributed by atoms with Crippen molar-refractivity contribution in [3.8, 4) is 0 Å². The first-order chi connectivity index (χ1) is 6.68. The van der Waals surface area contributed by atoms with Crippen LogP contribution in [0.25, 0.3) is 0 Å². The molecule has 0 amide bonds. The summed E-state index contributed by atoms with van der Waals surface area (Å²) in [6, 6.07) is 3.31. The highest BCUT2D eigenvalue weighted by molar-refractivity contribution is 5.97. The molecule has 0 aliphatic carbocycles. The molecule has 1 aromatic carbocycles. The Hall–Kier alpha value is -1.45. The number of halogens is 2. The number of hydrogen-bond donors (Lipinski definition) is 1. The maximum Gasteiger partial charge on any atom is 0.147 e. The van der Waals surface area contributed by atoms with E-state index in [4.69, 9.17) is 5.41 Å². The zero-order chi connectivity index (χ0) is 10.1. The van der Waals surface area contributed by atoms with Crippen molar-refractivity contribution in [1.82, 2.24) is 0 Å². The van der Waals surface area contributed by atoms with Crippen LogP contribution in [-0.2, 0) is 0 Å². The Morgan fingerprint density at radius 3 is 2.71 bits per heavy atom. The summed E-state index contributed by atoms with van der Waals surface area (Å²) in [6.45, 7) is 0.596. The van der Waals surface area contributed by atoms with Crippen molar-refractivity contribution in [3.63, 3.8) is 0 Å². The van der Waals surface area contributed by atoms with E-state index in [2.05, 4.69) is 0 Å². The van der Waals surface area contributed by atoms with Gasteiger partial charge in [-0.1, -0.05) is 0 Å². The minimum Gasteiger partial charge on any atom is -0.328 e. The third-order valence-electron chi connectivity index (χ3n) is 2.32. The van der Waals surface area contributed by atoms with Crippen LogP contribution in [0.3, 0.4) is 0 Å². The average Bonchev–Trinajstić information content (AvgIpc) is 2.56. The summed E-state index contributed by atoms with van der Waals surface area (Å²) in [6.07, 6.45) is 1.46. The van der Waals surface area contributed by atoms with Gasteiger partial charge in [-0.3, -0.25) is 5.41 Å². The van der Waals surface area contributed by atoms with Crippen molar-refractivity contribution in [3.05, 3.63) is 29.8 Å². The molecule has 1 fully saturated rings. The molecule has 1 aliphatic rings. The fourth-order valence-electron chi connectivity index (χ4n) is 1.63.